The minimum Gasteiger partial charge on any atom is -0.280 e. The van der Waals surface area contributed by atoms with Crippen molar-refractivity contribution < 1.29 is 0 Å². The predicted octanol–water partition coefficient (Wildman–Crippen LogP) is 2.98. The van der Waals surface area contributed by atoms with Gasteiger partial charge >= 0.3 is 5.69 Å². The highest BCUT2D eigenvalue weighted by Gasteiger charge is 2.24. The molecule has 27 heavy (non-hydrogen) atoms. The Morgan fingerprint density at radius 2 is 1.74 bits per heavy atom. The zero-order valence-corrected chi connectivity index (χ0v) is 16.3. The summed E-state index contributed by atoms with van der Waals surface area (Å²) in [5.41, 5.74) is 0.915. The van der Waals surface area contributed by atoms with Crippen molar-refractivity contribution in [3.63, 3.8) is 0 Å². The number of hydrogen-bond donors (Lipinski definition) is 0. The number of aromatic nitrogens is 4. The van der Waals surface area contributed by atoms with E-state index in [9.17, 15) is 9.59 Å². The van der Waals surface area contributed by atoms with E-state index in [4.69, 9.17) is 4.98 Å². The largest absolute Gasteiger partial charge is 0.332 e. The first-order valence-corrected chi connectivity index (χ1v) is 10.2. The average molecular weight is 382 g/mol. The molecule has 1 saturated carbocycles. The lowest BCUT2D eigenvalue weighted by molar-refractivity contribution is 0.648. The van der Waals surface area contributed by atoms with Gasteiger partial charge in [0.05, 0.1) is 0 Å². The van der Waals surface area contributed by atoms with Gasteiger partial charge in [-0.3, -0.25) is 13.9 Å². The SMILES string of the molecule is Cn1c(=O)c2c(SCc3ccccc3)nc(C3CCCC3)nc2n(C)c1=O. The van der Waals surface area contributed by atoms with Gasteiger partial charge in [-0.1, -0.05) is 43.2 Å². The zero-order chi connectivity index (χ0) is 19.0. The summed E-state index contributed by atoms with van der Waals surface area (Å²) in [4.78, 5) is 34.7. The van der Waals surface area contributed by atoms with Gasteiger partial charge < -0.3 is 0 Å². The quantitative estimate of drug-likeness (QED) is 0.512. The molecule has 4 rings (SSSR count). The third-order valence-corrected chi connectivity index (χ3v) is 6.27. The standard InChI is InChI=1S/C20H22N4O2S/c1-23-17-15(19(25)24(2)20(23)26)18(27-12-13-8-4-3-5-9-13)22-16(21-17)14-10-6-7-11-14/h3-5,8-9,14H,6-7,10-12H2,1-2H3. The van der Waals surface area contributed by atoms with E-state index in [1.165, 1.54) is 41.8 Å². The number of aryl methyl sites for hydroxylation is 1. The summed E-state index contributed by atoms with van der Waals surface area (Å²) in [7, 11) is 3.17. The number of nitrogens with zero attached hydrogens (tertiary/aromatic N) is 4. The van der Waals surface area contributed by atoms with E-state index in [-0.39, 0.29) is 11.2 Å². The second-order valence-electron chi connectivity index (χ2n) is 7.05. The van der Waals surface area contributed by atoms with Crippen LogP contribution >= 0.6 is 11.8 Å². The fourth-order valence-electron chi connectivity index (χ4n) is 3.64. The Hall–Kier alpha value is -2.41. The lowest BCUT2D eigenvalue weighted by Crippen LogP contribution is -2.38. The number of hydrogen-bond acceptors (Lipinski definition) is 5. The van der Waals surface area contributed by atoms with Crippen molar-refractivity contribution in [3.8, 4) is 0 Å². The molecular weight excluding hydrogens is 360 g/mol. The van der Waals surface area contributed by atoms with Crippen molar-refractivity contribution in [2.75, 3.05) is 0 Å². The Bertz CT molecular complexity index is 1100. The van der Waals surface area contributed by atoms with Gasteiger partial charge in [-0.2, -0.15) is 0 Å². The summed E-state index contributed by atoms with van der Waals surface area (Å²) >= 11 is 1.53. The van der Waals surface area contributed by atoms with Crippen LogP contribution in [0, 0.1) is 0 Å². The molecule has 0 bridgehead atoms. The molecule has 3 aromatic rings. The molecule has 1 aliphatic rings. The molecular formula is C20H22N4O2S. The van der Waals surface area contributed by atoms with Crippen LogP contribution in [0.25, 0.3) is 11.0 Å². The normalized spacial score (nSPS) is 14.9. The Morgan fingerprint density at radius 3 is 2.44 bits per heavy atom. The van der Waals surface area contributed by atoms with Crippen molar-refractivity contribution in [2.45, 2.75) is 42.4 Å². The summed E-state index contributed by atoms with van der Waals surface area (Å²) in [6.07, 6.45) is 4.47. The molecule has 0 aliphatic heterocycles. The highest BCUT2D eigenvalue weighted by molar-refractivity contribution is 7.98. The Kier molecular flexibility index (Phi) is 4.86. The number of benzene rings is 1. The topological polar surface area (TPSA) is 69.8 Å². The third kappa shape index (κ3) is 3.32. The van der Waals surface area contributed by atoms with Gasteiger partial charge in [0.15, 0.2) is 5.65 Å². The third-order valence-electron chi connectivity index (χ3n) is 5.22. The first-order chi connectivity index (χ1) is 13.1. The Balaban J connectivity index is 1.88. The molecule has 1 fully saturated rings. The van der Waals surface area contributed by atoms with Crippen LogP contribution in [0.5, 0.6) is 0 Å². The van der Waals surface area contributed by atoms with Crippen LogP contribution in [0.15, 0.2) is 44.9 Å². The first kappa shape index (κ1) is 18.0. The van der Waals surface area contributed by atoms with Gasteiger partial charge in [0.2, 0.25) is 0 Å². The van der Waals surface area contributed by atoms with Crippen molar-refractivity contribution in [1.82, 2.24) is 19.1 Å². The average Bonchev–Trinajstić information content (AvgIpc) is 3.24. The number of fused-ring (bicyclic) bond motifs is 1. The van der Waals surface area contributed by atoms with Crippen LogP contribution in [0.1, 0.15) is 43.0 Å². The van der Waals surface area contributed by atoms with Crippen molar-refractivity contribution in [2.24, 2.45) is 14.1 Å². The monoisotopic (exact) mass is 382 g/mol. The highest BCUT2D eigenvalue weighted by atomic mass is 32.2. The molecule has 7 heteroatoms. The molecule has 0 N–H and O–H groups in total. The van der Waals surface area contributed by atoms with Crippen molar-refractivity contribution >= 4 is 22.8 Å². The van der Waals surface area contributed by atoms with Gasteiger partial charge in [0.25, 0.3) is 5.56 Å². The number of rotatable bonds is 4. The van der Waals surface area contributed by atoms with Gasteiger partial charge in [0, 0.05) is 25.8 Å². The van der Waals surface area contributed by atoms with E-state index in [0.717, 1.165) is 23.2 Å². The molecule has 0 spiro atoms. The lowest BCUT2D eigenvalue weighted by atomic mass is 10.1. The molecule has 1 aromatic carbocycles. The van der Waals surface area contributed by atoms with Crippen LogP contribution in [0.4, 0.5) is 0 Å². The van der Waals surface area contributed by atoms with Crippen LogP contribution in [0.3, 0.4) is 0 Å². The minimum absolute atomic E-state index is 0.310. The maximum Gasteiger partial charge on any atom is 0.332 e. The summed E-state index contributed by atoms with van der Waals surface area (Å²) in [5, 5.41) is 1.10. The van der Waals surface area contributed by atoms with E-state index in [2.05, 4.69) is 17.1 Å². The van der Waals surface area contributed by atoms with E-state index in [1.54, 1.807) is 7.05 Å². The molecule has 0 unspecified atom stereocenters. The van der Waals surface area contributed by atoms with Crippen LogP contribution in [0.2, 0.25) is 0 Å². The zero-order valence-electron chi connectivity index (χ0n) is 15.5. The Morgan fingerprint density at radius 1 is 1.04 bits per heavy atom. The van der Waals surface area contributed by atoms with Crippen molar-refractivity contribution in [3.05, 3.63) is 62.6 Å². The highest BCUT2D eigenvalue weighted by Crippen LogP contribution is 2.34. The maximum atomic E-state index is 12.8. The molecule has 0 atom stereocenters. The molecule has 0 radical (unpaired) electrons. The van der Waals surface area contributed by atoms with Gasteiger partial charge in [-0.25, -0.2) is 14.8 Å². The number of thioether (sulfide) groups is 1. The van der Waals surface area contributed by atoms with Gasteiger partial charge in [-0.15, -0.1) is 11.8 Å². The Labute approximate surface area is 161 Å². The van der Waals surface area contributed by atoms with E-state index in [0.29, 0.717) is 27.7 Å². The van der Waals surface area contributed by atoms with E-state index < -0.39 is 0 Å². The van der Waals surface area contributed by atoms with Crippen LogP contribution < -0.4 is 11.2 Å². The molecule has 0 amide bonds. The molecule has 2 aromatic heterocycles. The summed E-state index contributed by atoms with van der Waals surface area (Å²) in [5.74, 6) is 1.78. The molecule has 0 saturated heterocycles. The first-order valence-electron chi connectivity index (χ1n) is 9.20. The molecule has 6 nitrogen and oxygen atoms in total. The lowest BCUT2D eigenvalue weighted by Gasteiger charge is -2.14. The predicted molar refractivity (Wildman–Crippen MR) is 107 cm³/mol. The summed E-state index contributed by atoms with van der Waals surface area (Å²) < 4.78 is 2.59. The second kappa shape index (κ2) is 7.31. The molecule has 140 valence electrons. The summed E-state index contributed by atoms with van der Waals surface area (Å²) in [6, 6.07) is 10.1. The second-order valence-corrected chi connectivity index (χ2v) is 8.01. The maximum absolute atomic E-state index is 12.8. The molecule has 2 heterocycles. The van der Waals surface area contributed by atoms with E-state index in [1.807, 2.05) is 18.2 Å². The smallest absolute Gasteiger partial charge is 0.280 e. The van der Waals surface area contributed by atoms with Crippen molar-refractivity contribution in [1.29, 1.82) is 0 Å². The van der Waals surface area contributed by atoms with E-state index >= 15 is 0 Å². The fourth-order valence-corrected chi connectivity index (χ4v) is 4.62. The fraction of sp³-hybridized carbons (Fsp3) is 0.400. The van der Waals surface area contributed by atoms with Gasteiger partial charge in [0.1, 0.15) is 16.2 Å². The van der Waals surface area contributed by atoms with Crippen LogP contribution in [-0.2, 0) is 19.8 Å². The van der Waals surface area contributed by atoms with Gasteiger partial charge in [-0.05, 0) is 18.4 Å². The molecule has 1 aliphatic carbocycles. The minimum atomic E-state index is -0.359. The van der Waals surface area contributed by atoms with Crippen LogP contribution in [-0.4, -0.2) is 19.1 Å². The summed E-state index contributed by atoms with van der Waals surface area (Å²) in [6.45, 7) is 0.